The summed E-state index contributed by atoms with van der Waals surface area (Å²) in [5.74, 6) is 0.0163. The summed E-state index contributed by atoms with van der Waals surface area (Å²) in [4.78, 5) is 11.7. The van der Waals surface area contributed by atoms with Crippen LogP contribution in [0.3, 0.4) is 0 Å². The molecule has 0 spiro atoms. The molecule has 0 aliphatic carbocycles. The van der Waals surface area contributed by atoms with Gasteiger partial charge in [0, 0.05) is 31.2 Å². The van der Waals surface area contributed by atoms with E-state index in [0.29, 0.717) is 13.0 Å². The van der Waals surface area contributed by atoms with Gasteiger partial charge >= 0.3 is 0 Å². The fraction of sp³-hybridized carbons (Fsp3) is 0.917. The highest BCUT2D eigenvalue weighted by Gasteiger charge is 2.17. The van der Waals surface area contributed by atoms with Crippen LogP contribution in [0.15, 0.2) is 0 Å². The van der Waals surface area contributed by atoms with E-state index in [4.69, 9.17) is 10.8 Å². The maximum Gasteiger partial charge on any atom is 0.222 e. The number of unbranched alkanes of at least 4 members (excludes halogenated alkanes) is 1. The minimum atomic E-state index is -0.201. The van der Waals surface area contributed by atoms with Crippen molar-refractivity contribution in [3.05, 3.63) is 0 Å². The van der Waals surface area contributed by atoms with Crippen molar-refractivity contribution >= 4 is 5.91 Å². The molecule has 0 fully saturated rings. The molecule has 0 saturated carbocycles. The molecule has 5 heteroatoms. The van der Waals surface area contributed by atoms with E-state index in [2.05, 4.69) is 10.6 Å². The normalized spacial score (nSPS) is 13.5. The number of nitrogens with one attached hydrogen (secondary N) is 2. The van der Waals surface area contributed by atoms with Gasteiger partial charge in [0.1, 0.15) is 0 Å². The van der Waals surface area contributed by atoms with Gasteiger partial charge in [-0.3, -0.25) is 4.79 Å². The van der Waals surface area contributed by atoms with Crippen LogP contribution >= 0.6 is 0 Å². The average Bonchev–Trinajstić information content (AvgIpc) is 2.20. The molecule has 17 heavy (non-hydrogen) atoms. The summed E-state index contributed by atoms with van der Waals surface area (Å²) >= 11 is 0. The van der Waals surface area contributed by atoms with Crippen molar-refractivity contribution in [2.24, 2.45) is 5.73 Å². The second-order valence-corrected chi connectivity index (χ2v) is 5.32. The minimum Gasteiger partial charge on any atom is -0.396 e. The van der Waals surface area contributed by atoms with Crippen LogP contribution in [0.5, 0.6) is 0 Å². The monoisotopic (exact) mass is 245 g/mol. The van der Waals surface area contributed by atoms with Gasteiger partial charge < -0.3 is 21.5 Å². The molecule has 5 N–H and O–H groups in total. The maximum atomic E-state index is 11.7. The van der Waals surface area contributed by atoms with Crippen molar-refractivity contribution in [2.75, 3.05) is 19.7 Å². The maximum absolute atomic E-state index is 11.7. The molecular weight excluding hydrogens is 218 g/mol. The van der Waals surface area contributed by atoms with Gasteiger partial charge in [-0.1, -0.05) is 0 Å². The quantitative estimate of drug-likeness (QED) is 0.453. The van der Waals surface area contributed by atoms with Crippen LogP contribution < -0.4 is 16.4 Å². The van der Waals surface area contributed by atoms with Crippen LogP contribution in [0.2, 0.25) is 0 Å². The van der Waals surface area contributed by atoms with E-state index in [0.717, 1.165) is 19.4 Å². The third-order valence-corrected chi connectivity index (χ3v) is 2.25. The zero-order valence-electron chi connectivity index (χ0n) is 11.3. The summed E-state index contributed by atoms with van der Waals surface area (Å²) in [6.45, 7) is 7.30. The number of hydrogen-bond donors (Lipinski definition) is 4. The number of rotatable bonds is 8. The van der Waals surface area contributed by atoms with E-state index in [1.807, 2.05) is 20.8 Å². The van der Waals surface area contributed by atoms with Crippen LogP contribution in [0.1, 0.15) is 40.0 Å². The van der Waals surface area contributed by atoms with Gasteiger partial charge in [0.15, 0.2) is 0 Å². The first-order chi connectivity index (χ1) is 7.89. The lowest BCUT2D eigenvalue weighted by molar-refractivity contribution is -0.122. The first kappa shape index (κ1) is 16.4. The minimum absolute atomic E-state index is 0.0102. The number of amides is 1. The van der Waals surface area contributed by atoms with Crippen molar-refractivity contribution in [3.63, 3.8) is 0 Å². The summed E-state index contributed by atoms with van der Waals surface area (Å²) in [7, 11) is 0. The molecule has 1 atom stereocenters. The molecule has 0 rings (SSSR count). The Morgan fingerprint density at radius 3 is 2.47 bits per heavy atom. The van der Waals surface area contributed by atoms with Crippen molar-refractivity contribution in [1.82, 2.24) is 10.6 Å². The number of aliphatic hydroxyl groups is 1. The van der Waals surface area contributed by atoms with E-state index in [1.54, 1.807) is 0 Å². The van der Waals surface area contributed by atoms with Crippen LogP contribution in [-0.2, 0) is 4.79 Å². The SMILES string of the molecule is CC(C)(C)NC(=O)CC(CN)NCCCCO. The summed E-state index contributed by atoms with van der Waals surface area (Å²) in [5.41, 5.74) is 5.41. The van der Waals surface area contributed by atoms with Crippen molar-refractivity contribution in [3.8, 4) is 0 Å². The summed E-state index contributed by atoms with van der Waals surface area (Å²) < 4.78 is 0. The number of hydrogen-bond acceptors (Lipinski definition) is 4. The van der Waals surface area contributed by atoms with Gasteiger partial charge in [-0.05, 0) is 40.2 Å². The second-order valence-electron chi connectivity index (χ2n) is 5.32. The predicted octanol–water partition coefficient (Wildman–Crippen LogP) is -0.0194. The number of nitrogens with two attached hydrogens (primary N) is 1. The number of carbonyl (C=O) groups is 1. The fourth-order valence-corrected chi connectivity index (χ4v) is 1.47. The molecule has 0 heterocycles. The zero-order chi connectivity index (χ0) is 13.3. The highest BCUT2D eigenvalue weighted by Crippen LogP contribution is 2.00. The first-order valence-corrected chi connectivity index (χ1v) is 6.24. The zero-order valence-corrected chi connectivity index (χ0v) is 11.3. The van der Waals surface area contributed by atoms with E-state index in [9.17, 15) is 4.79 Å². The lowest BCUT2D eigenvalue weighted by atomic mass is 10.1. The highest BCUT2D eigenvalue weighted by atomic mass is 16.2. The van der Waals surface area contributed by atoms with E-state index < -0.39 is 0 Å². The molecule has 0 aliphatic heterocycles. The molecule has 0 aromatic rings. The lowest BCUT2D eigenvalue weighted by Gasteiger charge is -2.23. The Hall–Kier alpha value is -0.650. The molecule has 0 radical (unpaired) electrons. The molecule has 0 saturated heterocycles. The molecule has 0 aromatic carbocycles. The van der Waals surface area contributed by atoms with Gasteiger partial charge in [0.2, 0.25) is 5.91 Å². The predicted molar refractivity (Wildman–Crippen MR) is 69.7 cm³/mol. The van der Waals surface area contributed by atoms with Crippen LogP contribution in [0, 0.1) is 0 Å². The molecule has 5 nitrogen and oxygen atoms in total. The number of aliphatic hydroxyl groups excluding tert-OH is 1. The molecule has 1 unspecified atom stereocenters. The molecule has 102 valence electrons. The Morgan fingerprint density at radius 1 is 1.35 bits per heavy atom. The standard InChI is InChI=1S/C12H27N3O2/c1-12(2,3)15-11(17)8-10(9-13)14-6-4-5-7-16/h10,14,16H,4-9,13H2,1-3H3,(H,15,17). The smallest absolute Gasteiger partial charge is 0.222 e. The molecule has 0 aromatic heterocycles. The van der Waals surface area contributed by atoms with E-state index in [1.165, 1.54) is 0 Å². The molecule has 1 amide bonds. The van der Waals surface area contributed by atoms with Crippen molar-refractivity contribution in [1.29, 1.82) is 0 Å². The van der Waals surface area contributed by atoms with E-state index in [-0.39, 0.29) is 24.1 Å². The van der Waals surface area contributed by atoms with E-state index >= 15 is 0 Å². The van der Waals surface area contributed by atoms with Crippen molar-refractivity contribution in [2.45, 2.75) is 51.6 Å². The lowest BCUT2D eigenvalue weighted by Crippen LogP contribution is -2.46. The Labute approximate surface area is 104 Å². The summed E-state index contributed by atoms with van der Waals surface area (Å²) in [5, 5.41) is 14.8. The topological polar surface area (TPSA) is 87.4 Å². The third kappa shape index (κ3) is 10.2. The Morgan fingerprint density at radius 2 is 2.00 bits per heavy atom. The molecule has 0 bridgehead atoms. The first-order valence-electron chi connectivity index (χ1n) is 6.24. The average molecular weight is 245 g/mol. The number of carbonyl (C=O) groups excluding carboxylic acids is 1. The van der Waals surface area contributed by atoms with Gasteiger partial charge in [-0.15, -0.1) is 0 Å². The summed E-state index contributed by atoms with van der Waals surface area (Å²) in [6, 6.07) is 0.0102. The molecular formula is C12H27N3O2. The fourth-order valence-electron chi connectivity index (χ4n) is 1.47. The van der Waals surface area contributed by atoms with Gasteiger partial charge in [0.05, 0.1) is 0 Å². The van der Waals surface area contributed by atoms with Gasteiger partial charge in [-0.25, -0.2) is 0 Å². The van der Waals surface area contributed by atoms with Gasteiger partial charge in [0.25, 0.3) is 0 Å². The Kier molecular flexibility index (Phi) is 8.12. The van der Waals surface area contributed by atoms with Gasteiger partial charge in [-0.2, -0.15) is 0 Å². The van der Waals surface area contributed by atoms with Crippen LogP contribution in [0.25, 0.3) is 0 Å². The second kappa shape index (κ2) is 8.44. The Balaban J connectivity index is 3.83. The Bertz CT molecular complexity index is 214. The summed E-state index contributed by atoms with van der Waals surface area (Å²) in [6.07, 6.45) is 2.07. The largest absolute Gasteiger partial charge is 0.396 e. The third-order valence-electron chi connectivity index (χ3n) is 2.25. The van der Waals surface area contributed by atoms with Crippen LogP contribution in [-0.4, -0.2) is 42.3 Å². The highest BCUT2D eigenvalue weighted by molar-refractivity contribution is 5.77. The van der Waals surface area contributed by atoms with Crippen molar-refractivity contribution < 1.29 is 9.90 Å². The molecule has 0 aliphatic rings. The van der Waals surface area contributed by atoms with Crippen LogP contribution in [0.4, 0.5) is 0 Å².